The highest BCUT2D eigenvalue weighted by Gasteiger charge is 2.42. The number of morpholine rings is 1. The Hall–Kier alpha value is -1.37. The molecule has 3 fully saturated rings. The number of amides is 1. The van der Waals surface area contributed by atoms with E-state index in [9.17, 15) is 4.79 Å². The SMILES string of the molecule is O=C(c1ccoc1)N1C[C@@H]2OCCN(CC3CCCO3)[C@@H]2C1. The maximum atomic E-state index is 12.5. The van der Waals surface area contributed by atoms with Crippen LogP contribution in [-0.2, 0) is 9.47 Å². The summed E-state index contributed by atoms with van der Waals surface area (Å²) in [6, 6.07) is 2.00. The number of likely N-dealkylation sites (tertiary alicyclic amines) is 1. The van der Waals surface area contributed by atoms with Gasteiger partial charge in [0.2, 0.25) is 0 Å². The number of nitrogens with zero attached hydrogens (tertiary/aromatic N) is 2. The zero-order valence-corrected chi connectivity index (χ0v) is 12.6. The first-order chi connectivity index (χ1) is 10.8. The summed E-state index contributed by atoms with van der Waals surface area (Å²) >= 11 is 0. The first kappa shape index (κ1) is 14.2. The minimum Gasteiger partial charge on any atom is -0.472 e. The summed E-state index contributed by atoms with van der Waals surface area (Å²) in [4.78, 5) is 16.8. The summed E-state index contributed by atoms with van der Waals surface area (Å²) in [5.74, 6) is 0.0313. The average Bonchev–Trinajstić information content (AvgIpc) is 3.28. The zero-order chi connectivity index (χ0) is 14.9. The minimum absolute atomic E-state index is 0.0313. The predicted molar refractivity (Wildman–Crippen MR) is 78.7 cm³/mol. The highest BCUT2D eigenvalue weighted by atomic mass is 16.5. The van der Waals surface area contributed by atoms with E-state index in [0.717, 1.165) is 45.7 Å². The Labute approximate surface area is 129 Å². The number of rotatable bonds is 3. The predicted octanol–water partition coefficient (Wildman–Crippen LogP) is 0.984. The summed E-state index contributed by atoms with van der Waals surface area (Å²) < 4.78 is 16.7. The molecule has 1 amide bonds. The molecule has 0 N–H and O–H groups in total. The van der Waals surface area contributed by atoms with Gasteiger partial charge in [-0.25, -0.2) is 0 Å². The average molecular weight is 306 g/mol. The van der Waals surface area contributed by atoms with E-state index >= 15 is 0 Å². The summed E-state index contributed by atoms with van der Waals surface area (Å²) in [5, 5.41) is 0. The normalized spacial score (nSPS) is 32.4. The van der Waals surface area contributed by atoms with E-state index in [-0.39, 0.29) is 18.1 Å². The summed E-state index contributed by atoms with van der Waals surface area (Å²) in [5.41, 5.74) is 0.615. The van der Waals surface area contributed by atoms with Crippen LogP contribution < -0.4 is 0 Å². The molecule has 1 unspecified atom stereocenters. The van der Waals surface area contributed by atoms with Gasteiger partial charge in [-0.1, -0.05) is 0 Å². The fourth-order valence-corrected chi connectivity index (χ4v) is 3.77. The van der Waals surface area contributed by atoms with E-state index < -0.39 is 0 Å². The van der Waals surface area contributed by atoms with Crippen LogP contribution in [0.25, 0.3) is 0 Å². The van der Waals surface area contributed by atoms with E-state index in [2.05, 4.69) is 4.90 Å². The molecule has 3 aliphatic rings. The lowest BCUT2D eigenvalue weighted by molar-refractivity contribution is -0.0614. The number of carbonyl (C=O) groups excluding carboxylic acids is 1. The van der Waals surface area contributed by atoms with Gasteiger partial charge in [0.1, 0.15) is 6.26 Å². The Morgan fingerprint density at radius 3 is 3.00 bits per heavy atom. The Bertz CT molecular complexity index is 512. The third-order valence-electron chi connectivity index (χ3n) is 4.93. The van der Waals surface area contributed by atoms with E-state index in [1.165, 1.54) is 12.5 Å². The molecule has 22 heavy (non-hydrogen) atoms. The lowest BCUT2D eigenvalue weighted by Crippen LogP contribution is -2.52. The molecule has 3 saturated heterocycles. The number of hydrogen-bond donors (Lipinski definition) is 0. The van der Waals surface area contributed by atoms with E-state index in [1.807, 2.05) is 4.90 Å². The molecule has 0 spiro atoms. The van der Waals surface area contributed by atoms with Crippen molar-refractivity contribution in [3.05, 3.63) is 24.2 Å². The number of fused-ring (bicyclic) bond motifs is 1. The second-order valence-electron chi connectivity index (χ2n) is 6.33. The molecule has 6 heteroatoms. The van der Waals surface area contributed by atoms with Crippen molar-refractivity contribution in [1.29, 1.82) is 0 Å². The monoisotopic (exact) mass is 306 g/mol. The largest absolute Gasteiger partial charge is 0.472 e. The Morgan fingerprint density at radius 1 is 1.27 bits per heavy atom. The first-order valence-electron chi connectivity index (χ1n) is 8.10. The molecule has 3 aliphatic heterocycles. The maximum Gasteiger partial charge on any atom is 0.257 e. The van der Waals surface area contributed by atoms with Crippen LogP contribution in [0.2, 0.25) is 0 Å². The van der Waals surface area contributed by atoms with Gasteiger partial charge in [0.25, 0.3) is 5.91 Å². The van der Waals surface area contributed by atoms with Crippen LogP contribution in [0.3, 0.4) is 0 Å². The van der Waals surface area contributed by atoms with Gasteiger partial charge in [0, 0.05) is 32.8 Å². The second kappa shape index (κ2) is 6.02. The number of furan rings is 1. The molecule has 120 valence electrons. The van der Waals surface area contributed by atoms with Crippen molar-refractivity contribution in [3.63, 3.8) is 0 Å². The van der Waals surface area contributed by atoms with Crippen molar-refractivity contribution in [2.75, 3.05) is 39.4 Å². The number of ether oxygens (including phenoxy) is 2. The second-order valence-corrected chi connectivity index (χ2v) is 6.33. The van der Waals surface area contributed by atoms with Crippen LogP contribution in [0.15, 0.2) is 23.0 Å². The van der Waals surface area contributed by atoms with Crippen molar-refractivity contribution >= 4 is 5.91 Å². The van der Waals surface area contributed by atoms with Gasteiger partial charge >= 0.3 is 0 Å². The number of hydrogen-bond acceptors (Lipinski definition) is 5. The summed E-state index contributed by atoms with van der Waals surface area (Å²) in [7, 11) is 0. The van der Waals surface area contributed by atoms with Crippen LogP contribution in [0.4, 0.5) is 0 Å². The van der Waals surface area contributed by atoms with Gasteiger partial charge < -0.3 is 18.8 Å². The van der Waals surface area contributed by atoms with Crippen LogP contribution in [0.1, 0.15) is 23.2 Å². The first-order valence-corrected chi connectivity index (χ1v) is 8.10. The fourth-order valence-electron chi connectivity index (χ4n) is 3.77. The molecule has 0 aliphatic carbocycles. The molecular formula is C16H22N2O4. The Balaban J connectivity index is 1.42. The van der Waals surface area contributed by atoms with Gasteiger partial charge in [-0.3, -0.25) is 9.69 Å². The molecule has 3 atom stereocenters. The highest BCUT2D eigenvalue weighted by Crippen LogP contribution is 2.26. The molecule has 6 nitrogen and oxygen atoms in total. The van der Waals surface area contributed by atoms with Crippen molar-refractivity contribution < 1.29 is 18.7 Å². The van der Waals surface area contributed by atoms with Crippen molar-refractivity contribution in [1.82, 2.24) is 9.80 Å². The van der Waals surface area contributed by atoms with Crippen molar-refractivity contribution in [2.24, 2.45) is 0 Å². The lowest BCUT2D eigenvalue weighted by atomic mass is 10.1. The van der Waals surface area contributed by atoms with Crippen molar-refractivity contribution in [3.8, 4) is 0 Å². The smallest absolute Gasteiger partial charge is 0.257 e. The quantitative estimate of drug-likeness (QED) is 0.833. The molecule has 1 aromatic heterocycles. The minimum atomic E-state index is 0.0313. The van der Waals surface area contributed by atoms with Crippen LogP contribution in [-0.4, -0.2) is 73.3 Å². The van der Waals surface area contributed by atoms with Gasteiger partial charge in [0.05, 0.1) is 36.7 Å². The Kier molecular flexibility index (Phi) is 3.90. The van der Waals surface area contributed by atoms with Gasteiger partial charge in [-0.15, -0.1) is 0 Å². The summed E-state index contributed by atoms with van der Waals surface area (Å²) in [6.07, 6.45) is 5.82. The number of carbonyl (C=O) groups is 1. The topological polar surface area (TPSA) is 55.2 Å². The van der Waals surface area contributed by atoms with E-state index in [4.69, 9.17) is 13.9 Å². The highest BCUT2D eigenvalue weighted by molar-refractivity contribution is 5.94. The van der Waals surface area contributed by atoms with Crippen LogP contribution in [0.5, 0.6) is 0 Å². The molecule has 0 saturated carbocycles. The molecule has 0 radical (unpaired) electrons. The molecule has 0 aromatic carbocycles. The van der Waals surface area contributed by atoms with E-state index in [0.29, 0.717) is 18.2 Å². The fraction of sp³-hybridized carbons (Fsp3) is 0.688. The molecule has 0 bridgehead atoms. The summed E-state index contributed by atoms with van der Waals surface area (Å²) in [6.45, 7) is 4.89. The standard InChI is InChI=1S/C16H22N2O4/c19-16(12-3-6-20-11-12)18-9-14-15(10-18)22-7-4-17(14)8-13-2-1-5-21-13/h3,6,11,13-15H,1-2,4-5,7-10H2/t13?,14-,15+/m1/s1. The van der Waals surface area contributed by atoms with Crippen molar-refractivity contribution in [2.45, 2.75) is 31.1 Å². The van der Waals surface area contributed by atoms with E-state index in [1.54, 1.807) is 6.07 Å². The van der Waals surface area contributed by atoms with Gasteiger partial charge in [-0.2, -0.15) is 0 Å². The maximum absolute atomic E-state index is 12.5. The third kappa shape index (κ3) is 2.66. The van der Waals surface area contributed by atoms with Gasteiger partial charge in [-0.05, 0) is 18.9 Å². The van der Waals surface area contributed by atoms with Crippen LogP contribution >= 0.6 is 0 Å². The lowest BCUT2D eigenvalue weighted by Gasteiger charge is -2.37. The van der Waals surface area contributed by atoms with Crippen LogP contribution in [0, 0.1) is 0 Å². The molecule has 1 aromatic rings. The Morgan fingerprint density at radius 2 is 2.23 bits per heavy atom. The molecular weight excluding hydrogens is 284 g/mol. The van der Waals surface area contributed by atoms with Gasteiger partial charge in [0.15, 0.2) is 0 Å². The molecule has 4 heterocycles. The third-order valence-corrected chi connectivity index (χ3v) is 4.93. The molecule has 4 rings (SSSR count). The zero-order valence-electron chi connectivity index (χ0n) is 12.6.